The minimum absolute atomic E-state index is 0.0106. The highest BCUT2D eigenvalue weighted by Gasteiger charge is 2.64. The van der Waals surface area contributed by atoms with Crippen molar-refractivity contribution in [3.8, 4) is 5.75 Å². The van der Waals surface area contributed by atoms with Crippen molar-refractivity contribution in [2.24, 2.45) is 23.5 Å². The summed E-state index contributed by atoms with van der Waals surface area (Å²) < 4.78 is 0. The van der Waals surface area contributed by atoms with Crippen molar-refractivity contribution in [2.45, 2.75) is 44.4 Å². The predicted octanol–water partition coefficient (Wildman–Crippen LogP) is -1.12. The van der Waals surface area contributed by atoms with Crippen LogP contribution < -0.4 is 21.3 Å². The summed E-state index contributed by atoms with van der Waals surface area (Å²) in [5.74, 6) is -7.90. The Hall–Kier alpha value is -3.48. The molecule has 2 fully saturated rings. The molecular weight excluding hydrogens is 496 g/mol. The first-order valence-corrected chi connectivity index (χ1v) is 12.6. The summed E-state index contributed by atoms with van der Waals surface area (Å²) in [6.07, 6.45) is -1.31. The smallest absolute Gasteiger partial charge is 0.234 e. The molecule has 3 aliphatic carbocycles. The number of nitrogens with one attached hydrogen (secondary N) is 2. The molecule has 0 spiro atoms. The highest BCUT2D eigenvalue weighted by molar-refractivity contribution is 6.24. The largest absolute Gasteiger partial charge is 0.507 e. The zero-order valence-corrected chi connectivity index (χ0v) is 21.6. The fourth-order valence-electron chi connectivity index (χ4n) is 6.06. The van der Waals surface area contributed by atoms with Crippen LogP contribution in [0.25, 0.3) is 5.76 Å². The number of carbonyl (C=O) groups excluding carboxylic acids is 4. The van der Waals surface area contributed by atoms with Gasteiger partial charge in [-0.3, -0.25) is 19.2 Å². The number of Topliss-reactive ketones (excluding diaryl/α,β-unsaturated/α-hetero) is 2. The van der Waals surface area contributed by atoms with Crippen LogP contribution in [0.2, 0.25) is 0 Å². The molecule has 2 unspecified atom stereocenters. The number of primary amides is 1. The van der Waals surface area contributed by atoms with E-state index in [0.29, 0.717) is 23.4 Å². The number of phenols is 1. The number of fused-ring (bicyclic) bond motifs is 3. The number of likely N-dealkylation sites (N-methyl/N-ethyl adjacent to an activating group) is 1. The van der Waals surface area contributed by atoms with E-state index in [-0.39, 0.29) is 55.1 Å². The molecule has 0 aromatic heterocycles. The average Bonchev–Trinajstić information content (AvgIpc) is 2.83. The van der Waals surface area contributed by atoms with Gasteiger partial charge < -0.3 is 41.7 Å². The van der Waals surface area contributed by atoms with Crippen LogP contribution in [0, 0.1) is 17.8 Å². The Morgan fingerprint density at radius 3 is 2.50 bits per heavy atom. The van der Waals surface area contributed by atoms with Gasteiger partial charge in [0.05, 0.1) is 18.2 Å². The van der Waals surface area contributed by atoms with E-state index < -0.39 is 52.7 Å². The Morgan fingerprint density at radius 2 is 1.89 bits per heavy atom. The van der Waals surface area contributed by atoms with Crippen LogP contribution in [0.3, 0.4) is 0 Å². The Bertz CT molecular complexity index is 1240. The number of nitrogens with zero attached hydrogens (tertiary/aromatic N) is 1. The van der Waals surface area contributed by atoms with E-state index in [1.165, 1.54) is 0 Å². The van der Waals surface area contributed by atoms with Crippen molar-refractivity contribution in [1.82, 2.24) is 10.6 Å². The summed E-state index contributed by atoms with van der Waals surface area (Å²) in [7, 11) is 3.56. The number of carbonyl (C=O) groups is 4. The van der Waals surface area contributed by atoms with E-state index in [4.69, 9.17) is 5.73 Å². The standard InChI is InChI=1S/C26H34N4O8/c1-4-28-10-17(32)29-9-12-7-15(30(2)3)14-6-11-5-13-8-16(31)20(25(27)37)24(36)26(13,38)23(35)18(11)22(34)19(14)21(12)33/h7,11,13,16,20,28,31,33-34,38H,4-6,8-10H2,1-3H3,(H2,27,37)(H,29,32)/t11-,13+,16?,20?,26+/m1/s1. The Kier molecular flexibility index (Phi) is 7.26. The van der Waals surface area contributed by atoms with Gasteiger partial charge in [0, 0.05) is 43.4 Å². The van der Waals surface area contributed by atoms with Crippen LogP contribution >= 0.6 is 0 Å². The zero-order valence-electron chi connectivity index (χ0n) is 21.6. The number of rotatable bonds is 7. The second-order valence-corrected chi connectivity index (χ2v) is 10.4. The third-order valence-electron chi connectivity index (χ3n) is 7.93. The SMILES string of the molecule is CCNCC(=O)NCc1cc(N(C)C)c2c(c1O)C(O)=C1C(=O)[C@]3(O)C(=O)C(C(N)=O)C(O)C[C@@H]3C[C@@H]1C2. The van der Waals surface area contributed by atoms with Gasteiger partial charge in [0.25, 0.3) is 0 Å². The summed E-state index contributed by atoms with van der Waals surface area (Å²) in [5, 5.41) is 49.9. The van der Waals surface area contributed by atoms with Crippen molar-refractivity contribution in [2.75, 3.05) is 32.1 Å². The lowest BCUT2D eigenvalue weighted by Gasteiger charge is -2.48. The Morgan fingerprint density at radius 1 is 1.21 bits per heavy atom. The number of hydrogen-bond acceptors (Lipinski definition) is 10. The zero-order chi connectivity index (χ0) is 28.1. The third-order valence-corrected chi connectivity index (χ3v) is 7.93. The second kappa shape index (κ2) is 10.0. The van der Waals surface area contributed by atoms with Gasteiger partial charge in [0.2, 0.25) is 17.6 Å². The maximum absolute atomic E-state index is 13.7. The summed E-state index contributed by atoms with van der Waals surface area (Å²) in [6, 6.07) is 1.70. The van der Waals surface area contributed by atoms with Crippen LogP contribution in [0.5, 0.6) is 5.75 Å². The van der Waals surface area contributed by atoms with Gasteiger partial charge in [0.15, 0.2) is 11.4 Å². The minimum atomic E-state index is -2.63. The number of ketones is 2. The lowest BCUT2D eigenvalue weighted by Crippen LogP contribution is -2.66. The van der Waals surface area contributed by atoms with Crippen molar-refractivity contribution in [3.63, 3.8) is 0 Å². The molecule has 12 heteroatoms. The molecular formula is C26H34N4O8. The molecule has 5 atom stereocenters. The summed E-state index contributed by atoms with van der Waals surface area (Å²) in [4.78, 5) is 52.5. The maximum Gasteiger partial charge on any atom is 0.234 e. The number of aliphatic hydroxyl groups excluding tert-OH is 2. The van der Waals surface area contributed by atoms with Crippen LogP contribution in [0.1, 0.15) is 36.5 Å². The maximum atomic E-state index is 13.7. The highest BCUT2D eigenvalue weighted by atomic mass is 16.3. The molecule has 1 aromatic rings. The van der Waals surface area contributed by atoms with Crippen LogP contribution in [-0.4, -0.2) is 82.7 Å². The molecule has 4 rings (SSSR count). The van der Waals surface area contributed by atoms with Gasteiger partial charge in [-0.2, -0.15) is 0 Å². The quantitative estimate of drug-likeness (QED) is 0.212. The molecule has 0 heterocycles. The predicted molar refractivity (Wildman–Crippen MR) is 136 cm³/mol. The lowest BCUT2D eigenvalue weighted by atomic mass is 9.56. The van der Waals surface area contributed by atoms with Gasteiger partial charge >= 0.3 is 0 Å². The van der Waals surface area contributed by atoms with Gasteiger partial charge in [-0.15, -0.1) is 0 Å². The monoisotopic (exact) mass is 530 g/mol. The molecule has 12 nitrogen and oxygen atoms in total. The first-order chi connectivity index (χ1) is 17.8. The summed E-state index contributed by atoms with van der Waals surface area (Å²) in [6.45, 7) is 2.50. The van der Waals surface area contributed by atoms with Gasteiger partial charge in [-0.1, -0.05) is 6.92 Å². The van der Waals surface area contributed by atoms with Crippen LogP contribution in [0.15, 0.2) is 11.6 Å². The van der Waals surface area contributed by atoms with E-state index in [2.05, 4.69) is 10.6 Å². The highest BCUT2D eigenvalue weighted by Crippen LogP contribution is 2.53. The molecule has 8 N–H and O–H groups in total. The molecule has 38 heavy (non-hydrogen) atoms. The van der Waals surface area contributed by atoms with Crippen molar-refractivity contribution < 1.29 is 39.6 Å². The van der Waals surface area contributed by atoms with Gasteiger partial charge in [-0.05, 0) is 43.4 Å². The molecule has 3 aliphatic rings. The number of nitrogens with two attached hydrogens (primary N) is 1. The fourth-order valence-corrected chi connectivity index (χ4v) is 6.06. The number of benzene rings is 1. The number of phenolic OH excluding ortho intramolecular Hbond substituents is 1. The molecule has 206 valence electrons. The summed E-state index contributed by atoms with van der Waals surface area (Å²) in [5.41, 5.74) is 3.95. The van der Waals surface area contributed by atoms with E-state index in [9.17, 15) is 39.6 Å². The molecule has 2 saturated carbocycles. The second-order valence-electron chi connectivity index (χ2n) is 10.4. The first-order valence-electron chi connectivity index (χ1n) is 12.6. The van der Waals surface area contributed by atoms with Gasteiger partial charge in [0.1, 0.15) is 17.4 Å². The molecule has 2 amide bonds. The number of aromatic hydroxyl groups is 1. The molecule has 0 saturated heterocycles. The fraction of sp³-hybridized carbons (Fsp3) is 0.538. The van der Waals surface area contributed by atoms with Crippen LogP contribution in [-0.2, 0) is 32.1 Å². The number of hydrogen-bond donors (Lipinski definition) is 7. The number of amides is 2. The topological polar surface area (TPSA) is 203 Å². The first kappa shape index (κ1) is 27.6. The molecule has 1 aromatic carbocycles. The van der Waals surface area contributed by atoms with E-state index >= 15 is 0 Å². The molecule has 0 aliphatic heterocycles. The average molecular weight is 531 g/mol. The van der Waals surface area contributed by atoms with E-state index in [0.717, 1.165) is 0 Å². The third kappa shape index (κ3) is 4.22. The molecule has 0 bridgehead atoms. The number of aliphatic hydroxyl groups is 3. The van der Waals surface area contributed by atoms with E-state index in [1.807, 2.05) is 6.92 Å². The minimum Gasteiger partial charge on any atom is -0.507 e. The van der Waals surface area contributed by atoms with Crippen molar-refractivity contribution in [1.29, 1.82) is 0 Å². The Balaban J connectivity index is 1.80. The van der Waals surface area contributed by atoms with E-state index in [1.54, 1.807) is 25.1 Å². The van der Waals surface area contributed by atoms with Crippen LogP contribution in [0.4, 0.5) is 5.69 Å². The van der Waals surface area contributed by atoms with Crippen molar-refractivity contribution in [3.05, 3.63) is 28.3 Å². The molecule has 0 radical (unpaired) electrons. The van der Waals surface area contributed by atoms with Gasteiger partial charge in [-0.25, -0.2) is 0 Å². The van der Waals surface area contributed by atoms with Crippen molar-refractivity contribution >= 4 is 34.8 Å². The number of anilines is 1. The Labute approximate surface area is 219 Å². The summed E-state index contributed by atoms with van der Waals surface area (Å²) >= 11 is 0. The lowest BCUT2D eigenvalue weighted by molar-refractivity contribution is -0.174. The normalized spacial score (nSPS) is 28.3.